The molecule has 4 heteroatoms. The van der Waals surface area contributed by atoms with Crippen LogP contribution in [-0.2, 0) is 12.0 Å². The monoisotopic (exact) mass is 276 g/mol. The van der Waals surface area contributed by atoms with E-state index in [1.807, 2.05) is 26.1 Å². The average Bonchev–Trinajstić information content (AvgIpc) is 2.87. The van der Waals surface area contributed by atoms with Gasteiger partial charge < -0.3 is 10.1 Å². The van der Waals surface area contributed by atoms with Crippen LogP contribution in [0.25, 0.3) is 0 Å². The van der Waals surface area contributed by atoms with Gasteiger partial charge in [-0.1, -0.05) is 12.1 Å². The predicted molar refractivity (Wildman–Crippen MR) is 80.0 cm³/mol. The molecule has 0 amide bonds. The summed E-state index contributed by atoms with van der Waals surface area (Å²) in [6.07, 6.45) is 0.903. The number of benzene rings is 1. The normalized spacial score (nSPS) is 14.1. The van der Waals surface area contributed by atoms with Crippen molar-refractivity contribution in [1.29, 1.82) is 0 Å². The number of likely N-dealkylation sites (N-methyl/N-ethyl adjacent to an activating group) is 1. The molecule has 0 bridgehead atoms. The smallest absolute Gasteiger partial charge is 0.118 e. The van der Waals surface area contributed by atoms with Crippen molar-refractivity contribution in [1.82, 2.24) is 10.3 Å². The Kier molecular flexibility index (Phi) is 4.22. The molecule has 102 valence electrons. The largest absolute Gasteiger partial charge is 0.497 e. The fourth-order valence-electron chi connectivity index (χ4n) is 2.03. The molecule has 0 radical (unpaired) electrons. The van der Waals surface area contributed by atoms with E-state index in [0.717, 1.165) is 22.9 Å². The van der Waals surface area contributed by atoms with Crippen molar-refractivity contribution in [2.75, 3.05) is 14.2 Å². The maximum absolute atomic E-state index is 5.19. The fraction of sp³-hybridized carbons (Fsp3) is 0.400. The summed E-state index contributed by atoms with van der Waals surface area (Å²) in [7, 11) is 3.67. The zero-order valence-corrected chi connectivity index (χ0v) is 12.7. The maximum Gasteiger partial charge on any atom is 0.118 e. The number of ether oxygens (including phenoxy) is 1. The first-order valence-electron chi connectivity index (χ1n) is 6.32. The number of nitrogens with zero attached hydrogens (tertiary/aromatic N) is 1. The Morgan fingerprint density at radius 3 is 2.47 bits per heavy atom. The van der Waals surface area contributed by atoms with Crippen LogP contribution in [0, 0.1) is 6.92 Å². The van der Waals surface area contributed by atoms with Gasteiger partial charge in [-0.15, -0.1) is 11.3 Å². The second kappa shape index (κ2) is 5.72. The lowest BCUT2D eigenvalue weighted by molar-refractivity contribution is 0.393. The molecule has 1 unspecified atom stereocenters. The third kappa shape index (κ3) is 3.14. The van der Waals surface area contributed by atoms with E-state index in [1.54, 1.807) is 18.4 Å². The van der Waals surface area contributed by atoms with E-state index in [-0.39, 0.29) is 5.54 Å². The van der Waals surface area contributed by atoms with Gasteiger partial charge in [0.25, 0.3) is 0 Å². The number of nitrogens with one attached hydrogen (secondary N) is 1. The van der Waals surface area contributed by atoms with Gasteiger partial charge in [-0.05, 0) is 45.0 Å². The molecule has 0 spiro atoms. The second-order valence-electron chi connectivity index (χ2n) is 4.90. The number of hydrogen-bond acceptors (Lipinski definition) is 4. The van der Waals surface area contributed by atoms with E-state index in [4.69, 9.17) is 4.74 Å². The first kappa shape index (κ1) is 14.0. The predicted octanol–water partition coefficient (Wildman–Crippen LogP) is 3.14. The Morgan fingerprint density at radius 1 is 1.32 bits per heavy atom. The molecule has 0 aliphatic heterocycles. The van der Waals surface area contributed by atoms with E-state index in [9.17, 15) is 0 Å². The summed E-state index contributed by atoms with van der Waals surface area (Å²) in [5, 5.41) is 6.63. The van der Waals surface area contributed by atoms with Crippen LogP contribution in [-0.4, -0.2) is 19.1 Å². The van der Waals surface area contributed by atoms with Crippen LogP contribution in [0.2, 0.25) is 0 Å². The zero-order chi connectivity index (χ0) is 13.9. The summed E-state index contributed by atoms with van der Waals surface area (Å²) in [5.41, 5.74) is 2.22. The lowest BCUT2D eigenvalue weighted by Crippen LogP contribution is -2.38. The van der Waals surface area contributed by atoms with Gasteiger partial charge in [-0.2, -0.15) is 0 Å². The minimum Gasteiger partial charge on any atom is -0.497 e. The summed E-state index contributed by atoms with van der Waals surface area (Å²) in [6, 6.07) is 8.21. The first-order valence-corrected chi connectivity index (χ1v) is 7.20. The molecule has 2 rings (SSSR count). The molecule has 1 atom stereocenters. The van der Waals surface area contributed by atoms with Crippen molar-refractivity contribution in [3.63, 3.8) is 0 Å². The Morgan fingerprint density at radius 2 is 2.00 bits per heavy atom. The molecule has 3 nitrogen and oxygen atoms in total. The summed E-state index contributed by atoms with van der Waals surface area (Å²) in [6.45, 7) is 4.22. The van der Waals surface area contributed by atoms with Crippen LogP contribution in [0.3, 0.4) is 0 Å². The zero-order valence-electron chi connectivity index (χ0n) is 11.9. The molecule has 0 saturated heterocycles. The minimum absolute atomic E-state index is 0.131. The molecule has 19 heavy (non-hydrogen) atoms. The molecule has 0 fully saturated rings. The number of aromatic nitrogens is 1. The number of thiazole rings is 1. The maximum atomic E-state index is 5.19. The van der Waals surface area contributed by atoms with Crippen LogP contribution in [0.4, 0.5) is 0 Å². The standard InChI is InChI=1S/C15H20N2OS/c1-11-10-19-14(17-11)15(2,16-3)9-12-5-7-13(18-4)8-6-12/h5-8,10,16H,9H2,1-4H3. The van der Waals surface area contributed by atoms with Gasteiger partial charge in [-0.3, -0.25) is 0 Å². The van der Waals surface area contributed by atoms with Crippen molar-refractivity contribution in [3.8, 4) is 5.75 Å². The molecule has 0 aliphatic rings. The van der Waals surface area contributed by atoms with Crippen LogP contribution in [0.1, 0.15) is 23.2 Å². The Labute approximate surface area is 118 Å². The fourth-order valence-corrected chi connectivity index (χ4v) is 3.00. The van der Waals surface area contributed by atoms with Gasteiger partial charge in [0.05, 0.1) is 12.6 Å². The molecule has 0 saturated carbocycles. The van der Waals surface area contributed by atoms with Crippen molar-refractivity contribution < 1.29 is 4.74 Å². The molecule has 1 aromatic heterocycles. The van der Waals surface area contributed by atoms with E-state index >= 15 is 0 Å². The highest BCUT2D eigenvalue weighted by atomic mass is 32.1. The Balaban J connectivity index is 2.22. The number of methoxy groups -OCH3 is 1. The van der Waals surface area contributed by atoms with Gasteiger partial charge >= 0.3 is 0 Å². The van der Waals surface area contributed by atoms with E-state index in [1.165, 1.54) is 5.56 Å². The SMILES string of the molecule is CNC(C)(Cc1ccc(OC)cc1)c1nc(C)cs1. The summed E-state index contributed by atoms with van der Waals surface area (Å²) in [5.74, 6) is 0.889. The molecule has 0 aliphatic carbocycles. The molecular formula is C15H20N2OS. The number of hydrogen-bond donors (Lipinski definition) is 1. The minimum atomic E-state index is -0.131. The molecular weight excluding hydrogens is 256 g/mol. The van der Waals surface area contributed by atoms with E-state index in [2.05, 4.69) is 34.7 Å². The highest BCUT2D eigenvalue weighted by Gasteiger charge is 2.28. The first-order chi connectivity index (χ1) is 9.07. The van der Waals surface area contributed by atoms with Crippen molar-refractivity contribution in [2.24, 2.45) is 0 Å². The molecule has 1 aromatic carbocycles. The summed E-state index contributed by atoms with van der Waals surface area (Å²) < 4.78 is 5.19. The lowest BCUT2D eigenvalue weighted by Gasteiger charge is -2.27. The quantitative estimate of drug-likeness (QED) is 0.911. The van der Waals surface area contributed by atoms with Crippen LogP contribution in [0.15, 0.2) is 29.6 Å². The molecule has 1 heterocycles. The van der Waals surface area contributed by atoms with Gasteiger partial charge in [0.2, 0.25) is 0 Å². The van der Waals surface area contributed by atoms with E-state index < -0.39 is 0 Å². The lowest BCUT2D eigenvalue weighted by atomic mass is 9.93. The van der Waals surface area contributed by atoms with Gasteiger partial charge in [0.1, 0.15) is 10.8 Å². The topological polar surface area (TPSA) is 34.1 Å². The molecule has 2 aromatic rings. The van der Waals surface area contributed by atoms with Gasteiger partial charge in [-0.25, -0.2) is 4.98 Å². The number of rotatable bonds is 5. The highest BCUT2D eigenvalue weighted by Crippen LogP contribution is 2.28. The Hall–Kier alpha value is -1.39. The highest BCUT2D eigenvalue weighted by molar-refractivity contribution is 7.09. The van der Waals surface area contributed by atoms with Crippen LogP contribution >= 0.6 is 11.3 Å². The van der Waals surface area contributed by atoms with Crippen LogP contribution in [0.5, 0.6) is 5.75 Å². The second-order valence-corrected chi connectivity index (χ2v) is 5.76. The summed E-state index contributed by atoms with van der Waals surface area (Å²) >= 11 is 1.71. The average molecular weight is 276 g/mol. The van der Waals surface area contributed by atoms with Crippen molar-refractivity contribution >= 4 is 11.3 Å². The van der Waals surface area contributed by atoms with Gasteiger partial charge in [0, 0.05) is 11.1 Å². The Bertz CT molecular complexity index is 535. The summed E-state index contributed by atoms with van der Waals surface area (Å²) in [4.78, 5) is 4.61. The van der Waals surface area contributed by atoms with Gasteiger partial charge in [0.15, 0.2) is 0 Å². The molecule has 1 N–H and O–H groups in total. The third-order valence-corrected chi connectivity index (χ3v) is 4.58. The van der Waals surface area contributed by atoms with Crippen LogP contribution < -0.4 is 10.1 Å². The van der Waals surface area contributed by atoms with E-state index in [0.29, 0.717) is 0 Å². The van der Waals surface area contributed by atoms with Crippen molar-refractivity contribution in [3.05, 3.63) is 45.9 Å². The van der Waals surface area contributed by atoms with Crippen molar-refractivity contribution in [2.45, 2.75) is 25.8 Å². The third-order valence-electron chi connectivity index (χ3n) is 3.36. The number of aryl methyl sites for hydroxylation is 1.